The lowest BCUT2D eigenvalue weighted by molar-refractivity contribution is 0.601. The molecule has 1 aromatic carbocycles. The van der Waals surface area contributed by atoms with Gasteiger partial charge in [0.05, 0.1) is 11.9 Å². The van der Waals surface area contributed by atoms with E-state index < -0.39 is 10.0 Å². The van der Waals surface area contributed by atoms with E-state index in [9.17, 15) is 8.42 Å². The quantitative estimate of drug-likeness (QED) is 0.748. The van der Waals surface area contributed by atoms with Crippen molar-refractivity contribution in [2.75, 3.05) is 10.5 Å². The molecule has 1 aromatic heterocycles. The van der Waals surface area contributed by atoms with Crippen molar-refractivity contribution < 1.29 is 8.42 Å². The molecule has 2 rings (SSSR count). The molecule has 0 amide bonds. The first-order valence-electron chi connectivity index (χ1n) is 4.56. The van der Waals surface area contributed by atoms with Crippen LogP contribution < -0.4 is 10.5 Å². The molecule has 0 fully saturated rings. The molecule has 0 atom stereocenters. The lowest BCUT2D eigenvalue weighted by atomic mass is 10.3. The molecule has 2 aromatic rings. The number of nitrogens with zero attached hydrogens (tertiary/aromatic N) is 1. The molecule has 0 saturated carbocycles. The van der Waals surface area contributed by atoms with Crippen molar-refractivity contribution in [3.05, 3.63) is 35.1 Å². The Morgan fingerprint density at radius 3 is 2.82 bits per heavy atom. The Morgan fingerprint density at radius 2 is 2.18 bits per heavy atom. The number of nitrogens with two attached hydrogens (primary N) is 1. The Labute approximate surface area is 106 Å². The summed E-state index contributed by atoms with van der Waals surface area (Å²) in [5.74, 6) is 0. The Kier molecular flexibility index (Phi) is 3.07. The van der Waals surface area contributed by atoms with Crippen LogP contribution in [0.1, 0.15) is 0 Å². The minimum absolute atomic E-state index is 0.0821. The molecule has 0 saturated heterocycles. The number of aromatic amines is 1. The molecule has 6 nitrogen and oxygen atoms in total. The van der Waals surface area contributed by atoms with E-state index in [0.29, 0.717) is 15.8 Å². The second-order valence-electron chi connectivity index (χ2n) is 3.28. The second kappa shape index (κ2) is 4.38. The van der Waals surface area contributed by atoms with E-state index in [1.807, 2.05) is 0 Å². The second-order valence-corrected chi connectivity index (χ2v) is 5.79. The Morgan fingerprint density at radius 1 is 1.41 bits per heavy atom. The average molecular weight is 317 g/mol. The van der Waals surface area contributed by atoms with Crippen LogP contribution in [0.2, 0.25) is 0 Å². The fourth-order valence-electron chi connectivity index (χ4n) is 1.24. The molecule has 0 radical (unpaired) electrons. The lowest BCUT2D eigenvalue weighted by Gasteiger charge is -2.08. The zero-order chi connectivity index (χ0) is 12.5. The van der Waals surface area contributed by atoms with Gasteiger partial charge in [-0.1, -0.05) is 0 Å². The van der Waals surface area contributed by atoms with Crippen LogP contribution in [0.15, 0.2) is 40.0 Å². The van der Waals surface area contributed by atoms with Crippen molar-refractivity contribution in [1.82, 2.24) is 10.2 Å². The average Bonchev–Trinajstić information content (AvgIpc) is 2.73. The first kappa shape index (κ1) is 11.9. The highest BCUT2D eigenvalue weighted by atomic mass is 79.9. The van der Waals surface area contributed by atoms with Crippen LogP contribution in [0.4, 0.5) is 11.4 Å². The molecule has 0 aliphatic carbocycles. The number of sulfonamides is 1. The highest BCUT2D eigenvalue weighted by Crippen LogP contribution is 2.25. The maximum atomic E-state index is 12.0. The van der Waals surface area contributed by atoms with E-state index in [0.717, 1.165) is 0 Å². The third kappa shape index (κ3) is 2.59. The SMILES string of the molecule is Nc1ccc(Br)c(S(=O)(=O)Nc2cn[nH]c2)c1. The molecule has 0 aliphatic rings. The minimum atomic E-state index is -3.67. The van der Waals surface area contributed by atoms with Crippen molar-refractivity contribution in [2.45, 2.75) is 4.90 Å². The van der Waals surface area contributed by atoms with E-state index in [-0.39, 0.29) is 4.90 Å². The molecule has 90 valence electrons. The molecular formula is C9H9BrN4O2S. The highest BCUT2D eigenvalue weighted by Gasteiger charge is 2.18. The molecule has 17 heavy (non-hydrogen) atoms. The third-order valence-corrected chi connectivity index (χ3v) is 4.37. The Hall–Kier alpha value is -1.54. The summed E-state index contributed by atoms with van der Waals surface area (Å²) >= 11 is 3.17. The summed E-state index contributed by atoms with van der Waals surface area (Å²) < 4.78 is 26.9. The maximum absolute atomic E-state index is 12.0. The normalized spacial score (nSPS) is 11.4. The van der Waals surface area contributed by atoms with E-state index in [2.05, 4.69) is 30.8 Å². The smallest absolute Gasteiger partial charge is 0.263 e. The van der Waals surface area contributed by atoms with Gasteiger partial charge in [0.15, 0.2) is 0 Å². The molecule has 0 aliphatic heterocycles. The number of hydrogen-bond acceptors (Lipinski definition) is 4. The number of benzene rings is 1. The number of anilines is 2. The van der Waals surface area contributed by atoms with Crippen LogP contribution in [0.25, 0.3) is 0 Å². The number of H-pyrrole nitrogens is 1. The summed E-state index contributed by atoms with van der Waals surface area (Å²) in [6, 6.07) is 4.58. The summed E-state index contributed by atoms with van der Waals surface area (Å²) in [4.78, 5) is 0.0821. The minimum Gasteiger partial charge on any atom is -0.399 e. The first-order valence-corrected chi connectivity index (χ1v) is 6.83. The topological polar surface area (TPSA) is 101 Å². The van der Waals surface area contributed by atoms with E-state index >= 15 is 0 Å². The van der Waals surface area contributed by atoms with Gasteiger partial charge in [-0.05, 0) is 34.1 Å². The molecule has 8 heteroatoms. The van der Waals surface area contributed by atoms with Gasteiger partial charge in [-0.3, -0.25) is 9.82 Å². The van der Waals surface area contributed by atoms with Crippen molar-refractivity contribution in [2.24, 2.45) is 0 Å². The van der Waals surface area contributed by atoms with Crippen molar-refractivity contribution in [1.29, 1.82) is 0 Å². The Bertz CT molecular complexity index is 624. The summed E-state index contributed by atoms with van der Waals surface area (Å²) in [5, 5.41) is 6.17. The first-order chi connectivity index (χ1) is 7.99. The van der Waals surface area contributed by atoms with E-state index in [1.165, 1.54) is 18.5 Å². The van der Waals surface area contributed by atoms with Gasteiger partial charge in [-0.2, -0.15) is 5.10 Å². The van der Waals surface area contributed by atoms with Crippen LogP contribution in [-0.2, 0) is 10.0 Å². The zero-order valence-corrected chi connectivity index (χ0v) is 10.9. The Balaban J connectivity index is 2.41. The predicted octanol–water partition coefficient (Wildman–Crippen LogP) is 1.56. The molecule has 0 spiro atoms. The molecule has 0 bridgehead atoms. The van der Waals surface area contributed by atoms with E-state index in [4.69, 9.17) is 5.73 Å². The van der Waals surface area contributed by atoms with Gasteiger partial charge in [-0.25, -0.2) is 8.42 Å². The monoisotopic (exact) mass is 316 g/mol. The summed E-state index contributed by atoms with van der Waals surface area (Å²) in [6.07, 6.45) is 2.81. The van der Waals surface area contributed by atoms with Crippen LogP contribution >= 0.6 is 15.9 Å². The van der Waals surface area contributed by atoms with Crippen LogP contribution in [0.5, 0.6) is 0 Å². The fourth-order valence-corrected chi connectivity index (χ4v) is 3.28. The molecule has 4 N–H and O–H groups in total. The summed E-state index contributed by atoms with van der Waals surface area (Å²) in [6.45, 7) is 0. The van der Waals surface area contributed by atoms with Gasteiger partial charge >= 0.3 is 0 Å². The van der Waals surface area contributed by atoms with Gasteiger partial charge in [0.2, 0.25) is 0 Å². The number of hydrogen-bond donors (Lipinski definition) is 3. The van der Waals surface area contributed by atoms with Crippen LogP contribution in [0, 0.1) is 0 Å². The zero-order valence-electron chi connectivity index (χ0n) is 8.51. The van der Waals surface area contributed by atoms with Gasteiger partial charge < -0.3 is 5.73 Å². The predicted molar refractivity (Wildman–Crippen MR) is 68.0 cm³/mol. The number of aromatic nitrogens is 2. The largest absolute Gasteiger partial charge is 0.399 e. The van der Waals surface area contributed by atoms with E-state index in [1.54, 1.807) is 12.1 Å². The number of rotatable bonds is 3. The summed E-state index contributed by atoms with van der Waals surface area (Å²) in [5.41, 5.74) is 6.30. The maximum Gasteiger partial charge on any atom is 0.263 e. The van der Waals surface area contributed by atoms with Crippen LogP contribution in [-0.4, -0.2) is 18.6 Å². The van der Waals surface area contributed by atoms with Gasteiger partial charge in [0.25, 0.3) is 10.0 Å². The highest BCUT2D eigenvalue weighted by molar-refractivity contribution is 9.10. The molecule has 1 heterocycles. The lowest BCUT2D eigenvalue weighted by Crippen LogP contribution is -2.13. The van der Waals surface area contributed by atoms with Crippen molar-refractivity contribution in [3.63, 3.8) is 0 Å². The van der Waals surface area contributed by atoms with Gasteiger partial charge in [0.1, 0.15) is 4.90 Å². The van der Waals surface area contributed by atoms with Gasteiger partial charge in [-0.15, -0.1) is 0 Å². The fraction of sp³-hybridized carbons (Fsp3) is 0. The van der Waals surface area contributed by atoms with Crippen molar-refractivity contribution >= 4 is 37.3 Å². The third-order valence-electron chi connectivity index (χ3n) is 2.00. The molecule has 0 unspecified atom stereocenters. The number of nitrogen functional groups attached to an aromatic ring is 1. The standard InChI is InChI=1S/C9H9BrN4O2S/c10-8-2-1-6(11)3-9(8)17(15,16)14-7-4-12-13-5-7/h1-5,14H,11H2,(H,12,13). The summed E-state index contributed by atoms with van der Waals surface area (Å²) in [7, 11) is -3.67. The number of halogens is 1. The van der Waals surface area contributed by atoms with Crippen molar-refractivity contribution in [3.8, 4) is 0 Å². The van der Waals surface area contributed by atoms with Gasteiger partial charge in [0, 0.05) is 16.4 Å². The molecular weight excluding hydrogens is 308 g/mol. The number of nitrogens with one attached hydrogen (secondary N) is 2. The van der Waals surface area contributed by atoms with Crippen LogP contribution in [0.3, 0.4) is 0 Å².